The van der Waals surface area contributed by atoms with E-state index in [1.807, 2.05) is 12.3 Å². The van der Waals surface area contributed by atoms with E-state index >= 15 is 0 Å². The van der Waals surface area contributed by atoms with Crippen molar-refractivity contribution < 1.29 is 9.47 Å². The molecular weight excluding hydrogens is 302 g/mol. The number of pyridine rings is 1. The van der Waals surface area contributed by atoms with Gasteiger partial charge in [0.1, 0.15) is 5.65 Å². The fraction of sp³-hybridized carbons (Fsp3) is 0.632. The molecule has 2 aliphatic rings. The highest BCUT2D eigenvalue weighted by atomic mass is 16.5. The molecule has 0 radical (unpaired) electrons. The van der Waals surface area contributed by atoms with Crippen molar-refractivity contribution in [2.24, 2.45) is 0 Å². The fourth-order valence-electron chi connectivity index (χ4n) is 4.24. The van der Waals surface area contributed by atoms with Crippen LogP contribution in [-0.4, -0.2) is 53.4 Å². The van der Waals surface area contributed by atoms with Gasteiger partial charge in [-0.25, -0.2) is 4.98 Å². The molecule has 0 aromatic carbocycles. The lowest BCUT2D eigenvalue weighted by Gasteiger charge is -2.35. The summed E-state index contributed by atoms with van der Waals surface area (Å²) in [5.74, 6) is 0.554. The van der Waals surface area contributed by atoms with Crippen molar-refractivity contribution >= 4 is 11.0 Å². The fourth-order valence-corrected chi connectivity index (χ4v) is 4.24. The maximum atomic E-state index is 5.89. The van der Waals surface area contributed by atoms with Gasteiger partial charge in [-0.2, -0.15) is 0 Å². The van der Waals surface area contributed by atoms with Crippen LogP contribution < -0.4 is 0 Å². The van der Waals surface area contributed by atoms with Crippen molar-refractivity contribution in [2.45, 2.75) is 51.4 Å². The SMILES string of the molecule is C[C@@H]1CN(Cc2c(C3CCOCC3)[nH]c3ncccc23)C[C@@H](C)O1. The molecule has 0 spiro atoms. The molecule has 0 unspecified atom stereocenters. The van der Waals surface area contributed by atoms with Gasteiger partial charge >= 0.3 is 0 Å². The lowest BCUT2D eigenvalue weighted by Crippen LogP contribution is -2.44. The number of rotatable bonds is 3. The van der Waals surface area contributed by atoms with Crippen LogP contribution in [0.3, 0.4) is 0 Å². The van der Waals surface area contributed by atoms with E-state index in [0.717, 1.165) is 51.3 Å². The van der Waals surface area contributed by atoms with Gasteiger partial charge in [-0.3, -0.25) is 4.90 Å². The molecule has 130 valence electrons. The molecule has 2 fully saturated rings. The van der Waals surface area contributed by atoms with Crippen LogP contribution in [0.25, 0.3) is 11.0 Å². The Labute approximate surface area is 143 Å². The Kier molecular flexibility index (Phi) is 4.57. The average molecular weight is 329 g/mol. The Morgan fingerprint density at radius 1 is 1.21 bits per heavy atom. The van der Waals surface area contributed by atoms with Crippen LogP contribution in [0.2, 0.25) is 0 Å². The van der Waals surface area contributed by atoms with Crippen molar-refractivity contribution in [1.82, 2.24) is 14.9 Å². The zero-order valence-electron chi connectivity index (χ0n) is 14.6. The zero-order chi connectivity index (χ0) is 16.5. The van der Waals surface area contributed by atoms with Crippen molar-refractivity contribution in [3.8, 4) is 0 Å². The summed E-state index contributed by atoms with van der Waals surface area (Å²) in [4.78, 5) is 10.7. The van der Waals surface area contributed by atoms with Crippen LogP contribution in [0.5, 0.6) is 0 Å². The molecule has 2 aromatic heterocycles. The van der Waals surface area contributed by atoms with Gasteiger partial charge in [0.2, 0.25) is 0 Å². The lowest BCUT2D eigenvalue weighted by atomic mass is 9.93. The Morgan fingerprint density at radius 2 is 1.96 bits per heavy atom. The number of aromatic nitrogens is 2. The third-order valence-electron chi connectivity index (χ3n) is 5.22. The van der Waals surface area contributed by atoms with E-state index in [-0.39, 0.29) is 0 Å². The predicted molar refractivity (Wildman–Crippen MR) is 94.2 cm³/mol. The largest absolute Gasteiger partial charge is 0.381 e. The number of ether oxygens (including phenoxy) is 2. The van der Waals surface area contributed by atoms with E-state index in [0.29, 0.717) is 18.1 Å². The van der Waals surface area contributed by atoms with Crippen LogP contribution >= 0.6 is 0 Å². The molecule has 1 N–H and O–H groups in total. The Hall–Kier alpha value is -1.43. The van der Waals surface area contributed by atoms with Crippen molar-refractivity contribution in [1.29, 1.82) is 0 Å². The van der Waals surface area contributed by atoms with Gasteiger partial charge in [0.05, 0.1) is 12.2 Å². The number of nitrogens with zero attached hydrogens (tertiary/aromatic N) is 2. The van der Waals surface area contributed by atoms with Gasteiger partial charge in [-0.1, -0.05) is 0 Å². The third kappa shape index (κ3) is 3.21. The standard InChI is InChI=1S/C19H27N3O2/c1-13-10-22(11-14(2)24-13)12-17-16-4-3-7-20-19(16)21-18(17)15-5-8-23-9-6-15/h3-4,7,13-15H,5-6,8-12H2,1-2H3,(H,20,21)/t13-,14-/m1/s1. The first-order valence-corrected chi connectivity index (χ1v) is 9.11. The topological polar surface area (TPSA) is 50.4 Å². The number of nitrogens with one attached hydrogen (secondary N) is 1. The summed E-state index contributed by atoms with van der Waals surface area (Å²) in [7, 11) is 0. The molecule has 0 amide bonds. The molecule has 24 heavy (non-hydrogen) atoms. The van der Waals surface area contributed by atoms with Gasteiger partial charge in [-0.15, -0.1) is 0 Å². The van der Waals surface area contributed by atoms with Crippen LogP contribution in [0.15, 0.2) is 18.3 Å². The molecule has 2 aliphatic heterocycles. The van der Waals surface area contributed by atoms with Gasteiger partial charge in [-0.05, 0) is 44.4 Å². The maximum Gasteiger partial charge on any atom is 0.137 e. The van der Waals surface area contributed by atoms with Gasteiger partial charge in [0.25, 0.3) is 0 Å². The van der Waals surface area contributed by atoms with Gasteiger partial charge < -0.3 is 14.5 Å². The van der Waals surface area contributed by atoms with Crippen molar-refractivity contribution in [2.75, 3.05) is 26.3 Å². The van der Waals surface area contributed by atoms with Crippen LogP contribution in [0.4, 0.5) is 0 Å². The van der Waals surface area contributed by atoms with E-state index in [1.165, 1.54) is 16.6 Å². The summed E-state index contributed by atoms with van der Waals surface area (Å²) < 4.78 is 11.4. The lowest BCUT2D eigenvalue weighted by molar-refractivity contribution is -0.0704. The summed E-state index contributed by atoms with van der Waals surface area (Å²) >= 11 is 0. The Morgan fingerprint density at radius 3 is 2.71 bits per heavy atom. The molecule has 0 aliphatic carbocycles. The molecule has 4 heterocycles. The summed E-state index contributed by atoms with van der Waals surface area (Å²) in [5.41, 5.74) is 3.81. The van der Waals surface area contributed by atoms with E-state index in [2.05, 4.69) is 34.8 Å². The average Bonchev–Trinajstić information content (AvgIpc) is 2.94. The van der Waals surface area contributed by atoms with Gasteiger partial charge in [0.15, 0.2) is 0 Å². The third-order valence-corrected chi connectivity index (χ3v) is 5.22. The summed E-state index contributed by atoms with van der Waals surface area (Å²) in [5, 5.41) is 1.27. The first kappa shape index (κ1) is 16.1. The smallest absolute Gasteiger partial charge is 0.137 e. The van der Waals surface area contributed by atoms with Gasteiger partial charge in [0, 0.05) is 56.0 Å². The Balaban J connectivity index is 1.67. The number of H-pyrrole nitrogens is 1. The first-order valence-electron chi connectivity index (χ1n) is 9.11. The molecule has 2 saturated heterocycles. The molecule has 4 rings (SSSR count). The minimum atomic E-state index is 0.295. The summed E-state index contributed by atoms with van der Waals surface area (Å²) in [6.07, 6.45) is 4.65. The van der Waals surface area contributed by atoms with E-state index in [9.17, 15) is 0 Å². The minimum absolute atomic E-state index is 0.295. The van der Waals surface area contributed by atoms with Crippen LogP contribution in [-0.2, 0) is 16.0 Å². The highest BCUT2D eigenvalue weighted by Crippen LogP contribution is 2.34. The number of hydrogen-bond donors (Lipinski definition) is 1. The second-order valence-corrected chi connectivity index (χ2v) is 7.25. The van der Waals surface area contributed by atoms with E-state index < -0.39 is 0 Å². The number of hydrogen-bond acceptors (Lipinski definition) is 4. The maximum absolute atomic E-state index is 5.89. The van der Waals surface area contributed by atoms with Crippen molar-refractivity contribution in [3.05, 3.63) is 29.6 Å². The highest BCUT2D eigenvalue weighted by molar-refractivity contribution is 5.81. The molecule has 5 heteroatoms. The first-order chi connectivity index (χ1) is 11.7. The normalized spacial score (nSPS) is 26.9. The molecule has 0 saturated carbocycles. The van der Waals surface area contributed by atoms with Crippen LogP contribution in [0, 0.1) is 0 Å². The molecule has 2 aromatic rings. The summed E-state index contributed by atoms with van der Waals surface area (Å²) in [6.45, 7) is 9.00. The van der Waals surface area contributed by atoms with E-state index in [4.69, 9.17) is 9.47 Å². The van der Waals surface area contributed by atoms with Crippen LogP contribution in [0.1, 0.15) is 43.9 Å². The minimum Gasteiger partial charge on any atom is -0.381 e. The quantitative estimate of drug-likeness (QED) is 0.940. The summed E-state index contributed by atoms with van der Waals surface area (Å²) in [6, 6.07) is 4.24. The molecule has 2 atom stereocenters. The van der Waals surface area contributed by atoms with Crippen molar-refractivity contribution in [3.63, 3.8) is 0 Å². The monoisotopic (exact) mass is 329 g/mol. The second-order valence-electron chi connectivity index (χ2n) is 7.25. The second kappa shape index (κ2) is 6.82. The number of aromatic amines is 1. The predicted octanol–water partition coefficient (Wildman–Crippen LogP) is 3.07. The Bertz CT molecular complexity index is 683. The zero-order valence-corrected chi connectivity index (χ0v) is 14.6. The molecule has 5 nitrogen and oxygen atoms in total. The highest BCUT2D eigenvalue weighted by Gasteiger charge is 2.27. The number of morpholine rings is 1. The molecular formula is C19H27N3O2. The number of fused-ring (bicyclic) bond motifs is 1. The molecule has 0 bridgehead atoms. The van der Waals surface area contributed by atoms with E-state index in [1.54, 1.807) is 0 Å².